The number of nitrogens with zero attached hydrogens (tertiary/aromatic N) is 1. The van der Waals surface area contributed by atoms with Gasteiger partial charge in [0.05, 0.1) is 0 Å². The first-order chi connectivity index (χ1) is 13.2. The highest BCUT2D eigenvalue weighted by molar-refractivity contribution is 5.94. The van der Waals surface area contributed by atoms with Gasteiger partial charge >= 0.3 is 6.03 Å². The van der Waals surface area contributed by atoms with Crippen LogP contribution in [0.2, 0.25) is 0 Å². The third-order valence-electron chi connectivity index (χ3n) is 4.85. The first kappa shape index (κ1) is 18.9. The molecular weight excluding hydrogens is 340 g/mol. The molecule has 6 nitrogen and oxygen atoms in total. The van der Waals surface area contributed by atoms with Crippen molar-refractivity contribution in [1.29, 1.82) is 0 Å². The first-order valence-corrected chi connectivity index (χ1v) is 9.37. The van der Waals surface area contributed by atoms with E-state index < -0.39 is 0 Å². The Bertz CT molecular complexity index is 762. The molecule has 3 amide bonds. The van der Waals surface area contributed by atoms with E-state index in [1.165, 1.54) is 0 Å². The zero-order valence-corrected chi connectivity index (χ0v) is 15.4. The van der Waals surface area contributed by atoms with Crippen LogP contribution in [-0.2, 0) is 6.54 Å². The van der Waals surface area contributed by atoms with E-state index in [-0.39, 0.29) is 18.0 Å². The van der Waals surface area contributed by atoms with Crippen molar-refractivity contribution in [2.75, 3.05) is 18.4 Å². The molecule has 0 aromatic heterocycles. The van der Waals surface area contributed by atoms with Crippen LogP contribution >= 0.6 is 0 Å². The zero-order chi connectivity index (χ0) is 19.1. The largest absolute Gasteiger partial charge is 0.336 e. The zero-order valence-electron chi connectivity index (χ0n) is 15.4. The Kier molecular flexibility index (Phi) is 6.44. The molecule has 1 fully saturated rings. The number of piperidine rings is 1. The molecule has 0 radical (unpaired) electrons. The highest BCUT2D eigenvalue weighted by Gasteiger charge is 2.27. The summed E-state index contributed by atoms with van der Waals surface area (Å²) in [6.45, 7) is 1.61. The lowest BCUT2D eigenvalue weighted by Gasteiger charge is -2.36. The van der Waals surface area contributed by atoms with E-state index in [2.05, 4.69) is 10.6 Å². The number of carbonyl (C=O) groups is 2. The third kappa shape index (κ3) is 5.08. The van der Waals surface area contributed by atoms with Gasteiger partial charge in [-0.2, -0.15) is 0 Å². The van der Waals surface area contributed by atoms with E-state index >= 15 is 0 Å². The molecule has 1 aliphatic heterocycles. The van der Waals surface area contributed by atoms with Gasteiger partial charge in [-0.05, 0) is 49.1 Å². The van der Waals surface area contributed by atoms with Crippen LogP contribution in [0.1, 0.15) is 35.2 Å². The summed E-state index contributed by atoms with van der Waals surface area (Å²) < 4.78 is 0. The smallest absolute Gasteiger partial charge is 0.319 e. The molecule has 1 heterocycles. The minimum atomic E-state index is -0.258. The fraction of sp³-hybridized carbons (Fsp3) is 0.333. The Labute approximate surface area is 159 Å². The maximum absolute atomic E-state index is 12.9. The molecule has 0 aliphatic carbocycles. The molecule has 0 spiro atoms. The molecule has 27 heavy (non-hydrogen) atoms. The lowest BCUT2D eigenvalue weighted by atomic mass is 10.0. The molecular formula is C21H26N4O2. The number of amides is 3. The molecule has 3 rings (SSSR count). The van der Waals surface area contributed by atoms with Crippen LogP contribution in [0.25, 0.3) is 0 Å². The number of benzene rings is 2. The topological polar surface area (TPSA) is 87.5 Å². The van der Waals surface area contributed by atoms with Crippen LogP contribution in [0, 0.1) is 0 Å². The number of hydrogen-bond donors (Lipinski definition) is 3. The summed E-state index contributed by atoms with van der Waals surface area (Å²) in [6.07, 6.45) is 2.93. The number of nitrogens with two attached hydrogens (primary N) is 1. The fourth-order valence-corrected chi connectivity index (χ4v) is 3.34. The van der Waals surface area contributed by atoms with Gasteiger partial charge in [-0.25, -0.2) is 4.79 Å². The molecule has 4 N–H and O–H groups in total. The van der Waals surface area contributed by atoms with Crippen LogP contribution in [-0.4, -0.2) is 36.0 Å². The number of anilines is 1. The monoisotopic (exact) mass is 366 g/mol. The van der Waals surface area contributed by atoms with Gasteiger partial charge in [0.2, 0.25) is 0 Å². The second-order valence-corrected chi connectivity index (χ2v) is 6.75. The Balaban J connectivity index is 1.59. The van der Waals surface area contributed by atoms with Crippen molar-refractivity contribution in [2.24, 2.45) is 5.73 Å². The average molecular weight is 366 g/mol. The van der Waals surface area contributed by atoms with Gasteiger partial charge < -0.3 is 21.3 Å². The number of carbonyl (C=O) groups excluding carboxylic acids is 2. The van der Waals surface area contributed by atoms with Gasteiger partial charge in [0.1, 0.15) is 0 Å². The lowest BCUT2D eigenvalue weighted by Crippen LogP contribution is -2.50. The molecule has 1 saturated heterocycles. The van der Waals surface area contributed by atoms with Crippen LogP contribution in [0.3, 0.4) is 0 Å². The number of urea groups is 1. The maximum atomic E-state index is 12.9. The van der Waals surface area contributed by atoms with Gasteiger partial charge in [-0.15, -0.1) is 0 Å². The van der Waals surface area contributed by atoms with Gasteiger partial charge in [0.15, 0.2) is 0 Å². The standard InChI is InChI=1S/C21H26N4O2/c22-14-16-9-11-17(12-10-16)20(26)25-13-5-4-8-19(25)15-23-21(27)24-18-6-2-1-3-7-18/h1-3,6-7,9-12,19H,4-5,8,13-15,22H2,(H2,23,24,27). The summed E-state index contributed by atoms with van der Waals surface area (Å²) >= 11 is 0. The summed E-state index contributed by atoms with van der Waals surface area (Å²) in [5.74, 6) is 0.00791. The molecule has 0 bridgehead atoms. The summed E-state index contributed by atoms with van der Waals surface area (Å²) in [5, 5.41) is 5.70. The SMILES string of the molecule is NCc1ccc(C(=O)N2CCCCC2CNC(=O)Nc2ccccc2)cc1. The van der Waals surface area contributed by atoms with E-state index in [9.17, 15) is 9.59 Å². The molecule has 1 aliphatic rings. The fourth-order valence-electron chi connectivity index (χ4n) is 3.34. The third-order valence-corrected chi connectivity index (χ3v) is 4.85. The number of rotatable bonds is 5. The minimum absolute atomic E-state index is 0.00181. The van der Waals surface area contributed by atoms with Crippen LogP contribution in [0.5, 0.6) is 0 Å². The van der Waals surface area contributed by atoms with Crippen LogP contribution in [0.15, 0.2) is 54.6 Å². The second kappa shape index (κ2) is 9.19. The van der Waals surface area contributed by atoms with E-state index in [4.69, 9.17) is 5.73 Å². The van der Waals surface area contributed by atoms with Gasteiger partial charge in [0, 0.05) is 36.9 Å². The normalized spacial score (nSPS) is 16.6. The van der Waals surface area contributed by atoms with Gasteiger partial charge in [-0.1, -0.05) is 30.3 Å². The van der Waals surface area contributed by atoms with E-state index in [0.29, 0.717) is 25.2 Å². The number of para-hydroxylation sites is 1. The second-order valence-electron chi connectivity index (χ2n) is 6.75. The van der Waals surface area contributed by atoms with Crippen molar-refractivity contribution >= 4 is 17.6 Å². The van der Waals surface area contributed by atoms with Crippen LogP contribution in [0.4, 0.5) is 10.5 Å². The van der Waals surface area contributed by atoms with Crippen molar-refractivity contribution in [2.45, 2.75) is 31.8 Å². The first-order valence-electron chi connectivity index (χ1n) is 9.37. The molecule has 0 saturated carbocycles. The average Bonchev–Trinajstić information content (AvgIpc) is 2.73. The lowest BCUT2D eigenvalue weighted by molar-refractivity contribution is 0.0615. The molecule has 142 valence electrons. The Morgan fingerprint density at radius 2 is 1.78 bits per heavy atom. The maximum Gasteiger partial charge on any atom is 0.319 e. The molecule has 6 heteroatoms. The predicted octanol–water partition coefficient (Wildman–Crippen LogP) is 2.96. The van der Waals surface area contributed by atoms with Crippen molar-refractivity contribution < 1.29 is 9.59 Å². The Morgan fingerprint density at radius 3 is 2.48 bits per heavy atom. The molecule has 1 atom stereocenters. The quantitative estimate of drug-likeness (QED) is 0.760. The molecule has 1 unspecified atom stereocenters. The Morgan fingerprint density at radius 1 is 1.04 bits per heavy atom. The number of nitrogens with one attached hydrogen (secondary N) is 2. The number of hydrogen-bond acceptors (Lipinski definition) is 3. The van der Waals surface area contributed by atoms with E-state index in [0.717, 1.165) is 30.5 Å². The highest BCUT2D eigenvalue weighted by Crippen LogP contribution is 2.20. The summed E-state index contributed by atoms with van der Waals surface area (Å²) in [6, 6.07) is 16.5. The minimum Gasteiger partial charge on any atom is -0.336 e. The van der Waals surface area contributed by atoms with E-state index in [1.807, 2.05) is 59.5 Å². The van der Waals surface area contributed by atoms with Gasteiger partial charge in [-0.3, -0.25) is 4.79 Å². The summed E-state index contributed by atoms with van der Waals surface area (Å²) in [4.78, 5) is 26.9. The highest BCUT2D eigenvalue weighted by atomic mass is 16.2. The van der Waals surface area contributed by atoms with Crippen LogP contribution < -0.4 is 16.4 Å². The summed E-state index contributed by atoms with van der Waals surface area (Å²) in [7, 11) is 0. The molecule has 2 aromatic rings. The Hall–Kier alpha value is -2.86. The van der Waals surface area contributed by atoms with Gasteiger partial charge in [0.25, 0.3) is 5.91 Å². The van der Waals surface area contributed by atoms with Crippen molar-refractivity contribution in [3.63, 3.8) is 0 Å². The van der Waals surface area contributed by atoms with Crippen molar-refractivity contribution in [3.8, 4) is 0 Å². The molecule has 2 aromatic carbocycles. The van der Waals surface area contributed by atoms with Crippen molar-refractivity contribution in [3.05, 3.63) is 65.7 Å². The van der Waals surface area contributed by atoms with E-state index in [1.54, 1.807) is 0 Å². The summed E-state index contributed by atoms with van der Waals surface area (Å²) in [5.41, 5.74) is 8.03. The predicted molar refractivity (Wildman–Crippen MR) is 106 cm³/mol. The van der Waals surface area contributed by atoms with Crippen molar-refractivity contribution in [1.82, 2.24) is 10.2 Å². The number of likely N-dealkylation sites (tertiary alicyclic amines) is 1.